The number of rotatable bonds is 5. The van der Waals surface area contributed by atoms with Gasteiger partial charge < -0.3 is 15.0 Å². The average Bonchev–Trinajstić information content (AvgIpc) is 2.75. The number of ether oxygens (including phenoxy) is 1. The van der Waals surface area contributed by atoms with E-state index in [-0.39, 0.29) is 30.0 Å². The highest BCUT2D eigenvalue weighted by Gasteiger charge is 2.27. The van der Waals surface area contributed by atoms with Gasteiger partial charge >= 0.3 is 5.97 Å². The van der Waals surface area contributed by atoms with Crippen molar-refractivity contribution in [3.8, 4) is 0 Å². The zero-order valence-corrected chi connectivity index (χ0v) is 16.2. The van der Waals surface area contributed by atoms with Gasteiger partial charge in [-0.1, -0.05) is 24.3 Å². The molecule has 152 valence electrons. The maximum absolute atomic E-state index is 13.7. The summed E-state index contributed by atoms with van der Waals surface area (Å²) in [5, 5.41) is 2.82. The fourth-order valence-electron chi connectivity index (χ4n) is 3.39. The highest BCUT2D eigenvalue weighted by Crippen LogP contribution is 2.21. The maximum atomic E-state index is 13.7. The van der Waals surface area contributed by atoms with Crippen molar-refractivity contribution in [2.75, 3.05) is 25.5 Å². The van der Waals surface area contributed by atoms with Crippen LogP contribution in [0.1, 0.15) is 28.8 Å². The molecule has 29 heavy (non-hydrogen) atoms. The molecule has 0 unspecified atom stereocenters. The van der Waals surface area contributed by atoms with Gasteiger partial charge in [-0.15, -0.1) is 0 Å². The van der Waals surface area contributed by atoms with Crippen molar-refractivity contribution in [1.82, 2.24) is 4.90 Å². The summed E-state index contributed by atoms with van der Waals surface area (Å²) in [7, 11) is 1.30. The molecule has 0 aliphatic carbocycles. The van der Waals surface area contributed by atoms with Crippen molar-refractivity contribution in [3.63, 3.8) is 0 Å². The van der Waals surface area contributed by atoms with Gasteiger partial charge in [0.05, 0.1) is 19.1 Å². The smallest absolute Gasteiger partial charge is 0.337 e. The van der Waals surface area contributed by atoms with Crippen molar-refractivity contribution < 1.29 is 23.5 Å². The Morgan fingerprint density at radius 2 is 1.83 bits per heavy atom. The molecule has 0 atom stereocenters. The van der Waals surface area contributed by atoms with Crippen LogP contribution in [0.5, 0.6) is 0 Å². The third kappa shape index (κ3) is 5.19. The maximum Gasteiger partial charge on any atom is 0.337 e. The molecule has 1 fully saturated rings. The zero-order chi connectivity index (χ0) is 20.8. The minimum atomic E-state index is -0.470. The minimum Gasteiger partial charge on any atom is -0.465 e. The van der Waals surface area contributed by atoms with Crippen molar-refractivity contribution >= 4 is 23.5 Å². The molecular weight excluding hydrogens is 375 g/mol. The van der Waals surface area contributed by atoms with Crippen molar-refractivity contribution in [3.05, 3.63) is 65.5 Å². The van der Waals surface area contributed by atoms with Gasteiger partial charge in [-0.25, -0.2) is 9.18 Å². The quantitative estimate of drug-likeness (QED) is 0.786. The number of nitrogens with zero attached hydrogens (tertiary/aromatic N) is 1. The Kier molecular flexibility index (Phi) is 6.59. The van der Waals surface area contributed by atoms with Crippen LogP contribution < -0.4 is 5.32 Å². The molecule has 3 rings (SSSR count). The molecule has 1 aliphatic heterocycles. The summed E-state index contributed by atoms with van der Waals surface area (Å²) in [6.45, 7) is 0.904. The topological polar surface area (TPSA) is 75.7 Å². The molecule has 7 heteroatoms. The number of carbonyl (C=O) groups excluding carboxylic acids is 3. The van der Waals surface area contributed by atoms with Crippen LogP contribution in [-0.4, -0.2) is 42.9 Å². The first-order valence-electron chi connectivity index (χ1n) is 9.48. The van der Waals surface area contributed by atoms with Crippen LogP contribution in [0.3, 0.4) is 0 Å². The molecule has 1 N–H and O–H groups in total. The van der Waals surface area contributed by atoms with Crippen LogP contribution in [0, 0.1) is 11.7 Å². The van der Waals surface area contributed by atoms with E-state index in [0.717, 1.165) is 0 Å². The number of anilines is 1. The lowest BCUT2D eigenvalue weighted by atomic mass is 9.95. The predicted molar refractivity (Wildman–Crippen MR) is 106 cm³/mol. The van der Waals surface area contributed by atoms with E-state index in [1.165, 1.54) is 13.2 Å². The number of carbonyl (C=O) groups is 3. The fraction of sp³-hybridized carbons (Fsp3) is 0.318. The van der Waals surface area contributed by atoms with E-state index in [2.05, 4.69) is 10.1 Å². The fourth-order valence-corrected chi connectivity index (χ4v) is 3.39. The van der Waals surface area contributed by atoms with Gasteiger partial charge in [0, 0.05) is 24.7 Å². The Morgan fingerprint density at radius 1 is 1.10 bits per heavy atom. The SMILES string of the molecule is COC(=O)c1cccc(NC(=O)C2CCN(C(=O)Cc3ccccc3F)CC2)c1. The van der Waals surface area contributed by atoms with Crippen LogP contribution in [0.4, 0.5) is 10.1 Å². The van der Waals surface area contributed by atoms with Gasteiger partial charge in [-0.05, 0) is 42.7 Å². The van der Waals surface area contributed by atoms with Crippen molar-refractivity contribution in [2.45, 2.75) is 19.3 Å². The number of likely N-dealkylation sites (tertiary alicyclic amines) is 1. The summed E-state index contributed by atoms with van der Waals surface area (Å²) in [4.78, 5) is 38.3. The van der Waals surface area contributed by atoms with E-state index < -0.39 is 5.97 Å². The third-order valence-corrected chi connectivity index (χ3v) is 5.07. The summed E-state index contributed by atoms with van der Waals surface area (Å²) in [6, 6.07) is 12.8. The lowest BCUT2D eigenvalue weighted by Crippen LogP contribution is -2.42. The van der Waals surface area contributed by atoms with Gasteiger partial charge in [0.2, 0.25) is 11.8 Å². The van der Waals surface area contributed by atoms with Gasteiger partial charge in [0.1, 0.15) is 5.82 Å². The molecule has 0 aromatic heterocycles. The standard InChI is InChI=1S/C22H23FN2O4/c1-29-22(28)17-6-4-7-18(13-17)24-21(27)15-9-11-25(12-10-15)20(26)14-16-5-2-3-8-19(16)23/h2-8,13,15H,9-12,14H2,1H3,(H,24,27). The van der Waals surface area contributed by atoms with Crippen LogP contribution in [0.15, 0.2) is 48.5 Å². The molecule has 6 nitrogen and oxygen atoms in total. The Bertz CT molecular complexity index is 907. The van der Waals surface area contributed by atoms with E-state index in [0.29, 0.717) is 42.7 Å². The normalized spacial score (nSPS) is 14.3. The molecule has 0 radical (unpaired) electrons. The van der Waals surface area contributed by atoms with Gasteiger partial charge in [0.25, 0.3) is 0 Å². The number of hydrogen-bond donors (Lipinski definition) is 1. The number of hydrogen-bond acceptors (Lipinski definition) is 4. The average molecular weight is 398 g/mol. The van der Waals surface area contributed by atoms with E-state index >= 15 is 0 Å². The number of esters is 1. The Hall–Kier alpha value is -3.22. The Morgan fingerprint density at radius 3 is 2.52 bits per heavy atom. The molecule has 0 spiro atoms. The number of nitrogens with one attached hydrogen (secondary N) is 1. The number of benzene rings is 2. The van der Waals surface area contributed by atoms with Crippen molar-refractivity contribution in [2.24, 2.45) is 5.92 Å². The molecule has 1 aliphatic rings. The van der Waals surface area contributed by atoms with Crippen LogP contribution in [0.25, 0.3) is 0 Å². The van der Waals surface area contributed by atoms with E-state index in [1.807, 2.05) is 0 Å². The lowest BCUT2D eigenvalue weighted by Gasteiger charge is -2.31. The van der Waals surface area contributed by atoms with Crippen LogP contribution >= 0.6 is 0 Å². The predicted octanol–water partition coefficient (Wildman–Crippen LogP) is 3.03. The second kappa shape index (κ2) is 9.32. The summed E-state index contributed by atoms with van der Waals surface area (Å²) in [6.07, 6.45) is 1.08. The second-order valence-corrected chi connectivity index (χ2v) is 6.98. The highest BCUT2D eigenvalue weighted by molar-refractivity contribution is 5.95. The van der Waals surface area contributed by atoms with Gasteiger partial charge in [-0.3, -0.25) is 9.59 Å². The first-order chi connectivity index (χ1) is 14.0. The molecule has 0 bridgehead atoms. The molecule has 1 heterocycles. The largest absolute Gasteiger partial charge is 0.465 e. The van der Waals surface area contributed by atoms with E-state index in [9.17, 15) is 18.8 Å². The molecule has 1 saturated heterocycles. The molecule has 2 amide bonds. The van der Waals surface area contributed by atoms with E-state index in [1.54, 1.807) is 47.4 Å². The van der Waals surface area contributed by atoms with Crippen molar-refractivity contribution in [1.29, 1.82) is 0 Å². The molecular formula is C22H23FN2O4. The molecule has 2 aromatic carbocycles. The highest BCUT2D eigenvalue weighted by atomic mass is 19.1. The number of amides is 2. The summed E-state index contributed by atoms with van der Waals surface area (Å²) in [5.41, 5.74) is 1.26. The first-order valence-corrected chi connectivity index (χ1v) is 9.48. The van der Waals surface area contributed by atoms with Gasteiger partial charge in [-0.2, -0.15) is 0 Å². The zero-order valence-electron chi connectivity index (χ0n) is 16.2. The minimum absolute atomic E-state index is 0.0177. The van der Waals surface area contributed by atoms with Gasteiger partial charge in [0.15, 0.2) is 0 Å². The molecule has 2 aromatic rings. The van der Waals surface area contributed by atoms with Crippen LogP contribution in [-0.2, 0) is 20.7 Å². The summed E-state index contributed by atoms with van der Waals surface area (Å²) < 4.78 is 18.4. The number of halogens is 1. The Balaban J connectivity index is 1.52. The molecule has 0 saturated carbocycles. The number of methoxy groups -OCH3 is 1. The Labute approximate surface area is 168 Å². The monoisotopic (exact) mass is 398 g/mol. The van der Waals surface area contributed by atoms with E-state index in [4.69, 9.17) is 0 Å². The first kappa shape index (κ1) is 20.5. The third-order valence-electron chi connectivity index (χ3n) is 5.07. The van der Waals surface area contributed by atoms with Crippen LogP contribution in [0.2, 0.25) is 0 Å². The lowest BCUT2D eigenvalue weighted by molar-refractivity contribution is -0.133. The second-order valence-electron chi connectivity index (χ2n) is 6.98. The summed E-state index contributed by atoms with van der Waals surface area (Å²) in [5.74, 6) is -1.37. The number of piperidine rings is 1. The summed E-state index contributed by atoms with van der Waals surface area (Å²) >= 11 is 0.